The standard InChI is InChI=1S/C17H26ClNO2/c1-3-5-6-7-15(19-8-4-2)13-11-16-17(12-14(13)18)21-10-9-20-16/h11-12,15,19H,3-10H2,1-2H3. The molecule has 0 radical (unpaired) electrons. The summed E-state index contributed by atoms with van der Waals surface area (Å²) in [5, 5.41) is 4.38. The normalized spacial score (nSPS) is 15.0. The third-order valence-corrected chi connectivity index (χ3v) is 4.10. The average molecular weight is 312 g/mol. The maximum absolute atomic E-state index is 6.47. The van der Waals surface area contributed by atoms with Gasteiger partial charge in [0.2, 0.25) is 0 Å². The third kappa shape index (κ3) is 4.52. The lowest BCUT2D eigenvalue weighted by Gasteiger charge is -2.24. The fourth-order valence-corrected chi connectivity index (χ4v) is 2.92. The average Bonchev–Trinajstić information content (AvgIpc) is 2.50. The first-order valence-corrected chi connectivity index (χ1v) is 8.46. The quantitative estimate of drug-likeness (QED) is 0.704. The van der Waals surface area contributed by atoms with Gasteiger partial charge in [-0.3, -0.25) is 0 Å². The van der Waals surface area contributed by atoms with Crippen LogP contribution in [0.2, 0.25) is 5.02 Å². The van der Waals surface area contributed by atoms with Crippen LogP contribution in [0, 0.1) is 0 Å². The Morgan fingerprint density at radius 2 is 1.81 bits per heavy atom. The number of benzene rings is 1. The second-order valence-corrected chi connectivity index (χ2v) is 5.93. The second kappa shape index (κ2) is 8.50. The van der Waals surface area contributed by atoms with Crippen LogP contribution in [-0.4, -0.2) is 19.8 Å². The molecule has 21 heavy (non-hydrogen) atoms. The fourth-order valence-electron chi connectivity index (χ4n) is 2.63. The van der Waals surface area contributed by atoms with E-state index in [1.54, 1.807) is 0 Å². The Kier molecular flexibility index (Phi) is 6.65. The molecule has 1 aromatic carbocycles. The van der Waals surface area contributed by atoms with Gasteiger partial charge in [-0.15, -0.1) is 0 Å². The minimum absolute atomic E-state index is 0.292. The predicted molar refractivity (Wildman–Crippen MR) is 87.6 cm³/mol. The zero-order valence-electron chi connectivity index (χ0n) is 13.1. The molecule has 0 spiro atoms. The Hall–Kier alpha value is -0.930. The van der Waals surface area contributed by atoms with Crippen LogP contribution >= 0.6 is 11.6 Å². The molecule has 1 unspecified atom stereocenters. The molecule has 1 aliphatic heterocycles. The largest absolute Gasteiger partial charge is 0.486 e. The van der Waals surface area contributed by atoms with Crippen LogP contribution in [0.25, 0.3) is 0 Å². The summed E-state index contributed by atoms with van der Waals surface area (Å²) in [4.78, 5) is 0. The zero-order chi connectivity index (χ0) is 15.1. The molecule has 1 aliphatic rings. The maximum atomic E-state index is 6.47. The van der Waals surface area contributed by atoms with Crippen LogP contribution in [-0.2, 0) is 0 Å². The first-order valence-electron chi connectivity index (χ1n) is 8.08. The minimum atomic E-state index is 0.292. The Bertz CT molecular complexity index is 451. The highest BCUT2D eigenvalue weighted by Gasteiger charge is 2.20. The Labute approximate surface area is 133 Å². The van der Waals surface area contributed by atoms with Gasteiger partial charge in [-0.2, -0.15) is 0 Å². The summed E-state index contributed by atoms with van der Waals surface area (Å²) in [6, 6.07) is 4.24. The molecule has 4 heteroatoms. The fraction of sp³-hybridized carbons (Fsp3) is 0.647. The van der Waals surface area contributed by atoms with E-state index >= 15 is 0 Å². The predicted octanol–water partition coefficient (Wildman–Crippen LogP) is 4.73. The number of nitrogens with one attached hydrogen (secondary N) is 1. The van der Waals surface area contributed by atoms with Crippen molar-refractivity contribution < 1.29 is 9.47 Å². The molecule has 0 amide bonds. The van der Waals surface area contributed by atoms with E-state index in [1.807, 2.05) is 6.07 Å². The maximum Gasteiger partial charge on any atom is 0.162 e. The molecule has 3 nitrogen and oxygen atoms in total. The molecule has 1 atom stereocenters. The smallest absolute Gasteiger partial charge is 0.162 e. The van der Waals surface area contributed by atoms with Gasteiger partial charge in [-0.05, 0) is 31.0 Å². The van der Waals surface area contributed by atoms with Crippen molar-refractivity contribution in [1.82, 2.24) is 5.32 Å². The van der Waals surface area contributed by atoms with Crippen molar-refractivity contribution in [2.24, 2.45) is 0 Å². The Morgan fingerprint density at radius 1 is 1.10 bits per heavy atom. The molecule has 1 aromatic rings. The topological polar surface area (TPSA) is 30.5 Å². The van der Waals surface area contributed by atoms with E-state index < -0.39 is 0 Å². The zero-order valence-corrected chi connectivity index (χ0v) is 13.8. The van der Waals surface area contributed by atoms with E-state index in [-0.39, 0.29) is 0 Å². The van der Waals surface area contributed by atoms with Crippen molar-refractivity contribution in [2.75, 3.05) is 19.8 Å². The van der Waals surface area contributed by atoms with Gasteiger partial charge in [0.1, 0.15) is 13.2 Å². The van der Waals surface area contributed by atoms with Crippen molar-refractivity contribution in [3.05, 3.63) is 22.7 Å². The van der Waals surface area contributed by atoms with Crippen LogP contribution in [0.15, 0.2) is 12.1 Å². The molecule has 1 N–H and O–H groups in total. The van der Waals surface area contributed by atoms with Crippen LogP contribution < -0.4 is 14.8 Å². The molecule has 0 aromatic heterocycles. The summed E-state index contributed by atoms with van der Waals surface area (Å²) < 4.78 is 11.3. The molecule has 0 bridgehead atoms. The van der Waals surface area contributed by atoms with E-state index in [0.29, 0.717) is 19.3 Å². The van der Waals surface area contributed by atoms with Crippen molar-refractivity contribution in [3.8, 4) is 11.5 Å². The molecule has 0 saturated heterocycles. The lowest BCUT2D eigenvalue weighted by atomic mass is 9.99. The van der Waals surface area contributed by atoms with Gasteiger partial charge in [0.05, 0.1) is 0 Å². The lowest BCUT2D eigenvalue weighted by Crippen LogP contribution is -2.23. The SMILES string of the molecule is CCCCCC(NCCC)c1cc2c(cc1Cl)OCCO2. The van der Waals surface area contributed by atoms with Crippen molar-refractivity contribution in [1.29, 1.82) is 0 Å². The van der Waals surface area contributed by atoms with Gasteiger partial charge in [-0.25, -0.2) is 0 Å². The molecule has 0 aliphatic carbocycles. The van der Waals surface area contributed by atoms with E-state index in [9.17, 15) is 0 Å². The Morgan fingerprint density at radius 3 is 2.48 bits per heavy atom. The molecule has 0 fully saturated rings. The molecule has 2 rings (SSSR count). The highest BCUT2D eigenvalue weighted by atomic mass is 35.5. The lowest BCUT2D eigenvalue weighted by molar-refractivity contribution is 0.171. The van der Waals surface area contributed by atoms with E-state index in [4.69, 9.17) is 21.1 Å². The highest BCUT2D eigenvalue weighted by Crippen LogP contribution is 2.38. The first-order chi connectivity index (χ1) is 10.3. The van der Waals surface area contributed by atoms with Crippen molar-refractivity contribution in [2.45, 2.75) is 52.0 Å². The second-order valence-electron chi connectivity index (χ2n) is 5.52. The van der Waals surface area contributed by atoms with E-state index in [2.05, 4.69) is 25.2 Å². The minimum Gasteiger partial charge on any atom is -0.486 e. The summed E-state index contributed by atoms with van der Waals surface area (Å²) >= 11 is 6.47. The first kappa shape index (κ1) is 16.4. The number of fused-ring (bicyclic) bond motifs is 1. The number of halogens is 1. The van der Waals surface area contributed by atoms with Gasteiger partial charge in [0, 0.05) is 17.1 Å². The molecular weight excluding hydrogens is 286 g/mol. The van der Waals surface area contributed by atoms with Gasteiger partial charge in [0.15, 0.2) is 11.5 Å². The molecule has 1 heterocycles. The number of ether oxygens (including phenoxy) is 2. The summed E-state index contributed by atoms with van der Waals surface area (Å²) in [5.41, 5.74) is 1.13. The van der Waals surface area contributed by atoms with Crippen LogP contribution in [0.5, 0.6) is 11.5 Å². The van der Waals surface area contributed by atoms with E-state index in [0.717, 1.165) is 41.5 Å². The van der Waals surface area contributed by atoms with Gasteiger partial charge >= 0.3 is 0 Å². The van der Waals surface area contributed by atoms with Gasteiger partial charge in [-0.1, -0.05) is 44.7 Å². The number of unbranched alkanes of at least 4 members (excludes halogenated alkanes) is 2. The number of hydrogen-bond donors (Lipinski definition) is 1. The molecule has 0 saturated carbocycles. The van der Waals surface area contributed by atoms with E-state index in [1.165, 1.54) is 19.3 Å². The summed E-state index contributed by atoms with van der Waals surface area (Å²) in [5.74, 6) is 1.58. The van der Waals surface area contributed by atoms with Crippen LogP contribution in [0.3, 0.4) is 0 Å². The molecule has 118 valence electrons. The summed E-state index contributed by atoms with van der Waals surface area (Å²) in [6.45, 7) is 6.61. The van der Waals surface area contributed by atoms with Crippen LogP contribution in [0.4, 0.5) is 0 Å². The van der Waals surface area contributed by atoms with Crippen molar-refractivity contribution in [3.63, 3.8) is 0 Å². The van der Waals surface area contributed by atoms with Gasteiger partial charge < -0.3 is 14.8 Å². The monoisotopic (exact) mass is 311 g/mol. The Balaban J connectivity index is 2.16. The van der Waals surface area contributed by atoms with Gasteiger partial charge in [0.25, 0.3) is 0 Å². The van der Waals surface area contributed by atoms with Crippen LogP contribution in [0.1, 0.15) is 57.6 Å². The summed E-state index contributed by atoms with van der Waals surface area (Å²) in [7, 11) is 0. The third-order valence-electron chi connectivity index (χ3n) is 3.77. The van der Waals surface area contributed by atoms with Crippen molar-refractivity contribution >= 4 is 11.6 Å². The highest BCUT2D eigenvalue weighted by molar-refractivity contribution is 6.31. The number of hydrogen-bond acceptors (Lipinski definition) is 3. The number of rotatable bonds is 8. The molecular formula is C17H26ClNO2. The summed E-state index contributed by atoms with van der Waals surface area (Å²) in [6.07, 6.45) is 5.92.